The van der Waals surface area contributed by atoms with Gasteiger partial charge in [-0.2, -0.15) is 0 Å². The highest BCUT2D eigenvalue weighted by molar-refractivity contribution is 6.32. The minimum atomic E-state index is -1.30. The summed E-state index contributed by atoms with van der Waals surface area (Å²) < 4.78 is 0. The first kappa shape index (κ1) is 11.3. The standard InChI is InChI=1S/C12H12ClNO2/c1-7-6-12(14,11(16)10(7)15)8-4-2-3-5-9(8)13/h2-6,10,15H,14H2,1H3/t10-,12-/m1/s1. The van der Waals surface area contributed by atoms with Gasteiger partial charge in [0.05, 0.1) is 0 Å². The number of hydrogen-bond acceptors (Lipinski definition) is 3. The Bertz CT molecular complexity index is 484. The first-order valence-corrected chi connectivity index (χ1v) is 5.30. The maximum Gasteiger partial charge on any atom is 0.193 e. The minimum absolute atomic E-state index is 0.427. The third-order valence-electron chi connectivity index (χ3n) is 2.86. The molecule has 2 atom stereocenters. The number of ketones is 1. The molecule has 1 aromatic carbocycles. The van der Waals surface area contributed by atoms with Gasteiger partial charge in [0.1, 0.15) is 11.6 Å². The van der Waals surface area contributed by atoms with E-state index in [1.165, 1.54) is 0 Å². The van der Waals surface area contributed by atoms with E-state index in [2.05, 4.69) is 0 Å². The first-order valence-electron chi connectivity index (χ1n) is 4.92. The Kier molecular flexibility index (Phi) is 2.62. The molecule has 3 N–H and O–H groups in total. The number of carbonyl (C=O) groups excluding carboxylic acids is 1. The van der Waals surface area contributed by atoms with Crippen molar-refractivity contribution in [3.05, 3.63) is 46.5 Å². The van der Waals surface area contributed by atoms with Gasteiger partial charge >= 0.3 is 0 Å². The van der Waals surface area contributed by atoms with Gasteiger partial charge < -0.3 is 10.8 Å². The van der Waals surface area contributed by atoms with Crippen LogP contribution in [-0.2, 0) is 10.3 Å². The van der Waals surface area contributed by atoms with Gasteiger partial charge in [0.25, 0.3) is 0 Å². The van der Waals surface area contributed by atoms with Crippen LogP contribution in [0.4, 0.5) is 0 Å². The number of Topliss-reactive ketones (excluding diaryl/α,β-unsaturated/α-hetero) is 1. The average Bonchev–Trinajstić information content (AvgIpc) is 2.44. The van der Waals surface area contributed by atoms with Crippen LogP contribution in [0.5, 0.6) is 0 Å². The zero-order chi connectivity index (χ0) is 11.9. The van der Waals surface area contributed by atoms with Crippen molar-refractivity contribution in [2.24, 2.45) is 5.73 Å². The summed E-state index contributed by atoms with van der Waals surface area (Å²) in [5.74, 6) is -0.432. The van der Waals surface area contributed by atoms with Gasteiger partial charge in [-0.15, -0.1) is 0 Å². The summed E-state index contributed by atoms with van der Waals surface area (Å²) in [6, 6.07) is 6.90. The molecule has 1 aromatic rings. The molecule has 0 unspecified atom stereocenters. The van der Waals surface area contributed by atoms with E-state index in [4.69, 9.17) is 17.3 Å². The molecule has 0 saturated carbocycles. The van der Waals surface area contributed by atoms with Crippen LogP contribution in [0.15, 0.2) is 35.9 Å². The van der Waals surface area contributed by atoms with E-state index in [1.54, 1.807) is 37.3 Å². The molecule has 84 valence electrons. The second-order valence-corrected chi connectivity index (χ2v) is 4.41. The van der Waals surface area contributed by atoms with Gasteiger partial charge in [0.2, 0.25) is 0 Å². The second kappa shape index (κ2) is 3.70. The van der Waals surface area contributed by atoms with E-state index < -0.39 is 17.4 Å². The summed E-state index contributed by atoms with van der Waals surface area (Å²) in [4.78, 5) is 11.9. The molecule has 0 fully saturated rings. The third kappa shape index (κ3) is 1.48. The first-order chi connectivity index (χ1) is 7.47. The predicted molar refractivity (Wildman–Crippen MR) is 62.1 cm³/mol. The molecule has 2 rings (SSSR count). The molecule has 0 saturated heterocycles. The molecule has 0 bridgehead atoms. The number of halogens is 1. The molecule has 0 amide bonds. The van der Waals surface area contributed by atoms with E-state index in [-0.39, 0.29) is 0 Å². The lowest BCUT2D eigenvalue weighted by Crippen LogP contribution is -2.44. The van der Waals surface area contributed by atoms with Crippen LogP contribution in [0.25, 0.3) is 0 Å². The summed E-state index contributed by atoms with van der Waals surface area (Å²) in [6.45, 7) is 1.67. The van der Waals surface area contributed by atoms with Crippen molar-refractivity contribution < 1.29 is 9.90 Å². The highest BCUT2D eigenvalue weighted by Gasteiger charge is 2.44. The van der Waals surface area contributed by atoms with E-state index in [0.717, 1.165) is 0 Å². The maximum absolute atomic E-state index is 11.9. The fourth-order valence-corrected chi connectivity index (χ4v) is 2.24. The normalized spacial score (nSPS) is 29.4. The molecule has 16 heavy (non-hydrogen) atoms. The molecule has 0 radical (unpaired) electrons. The number of carbonyl (C=O) groups is 1. The summed E-state index contributed by atoms with van der Waals surface area (Å²) in [7, 11) is 0. The number of aliphatic hydroxyl groups is 1. The second-order valence-electron chi connectivity index (χ2n) is 4.00. The van der Waals surface area contributed by atoms with Gasteiger partial charge in [0.15, 0.2) is 5.78 Å². The topological polar surface area (TPSA) is 63.3 Å². The molecule has 1 aliphatic rings. The number of nitrogens with two attached hydrogens (primary N) is 1. The smallest absolute Gasteiger partial charge is 0.193 e. The van der Waals surface area contributed by atoms with Crippen molar-refractivity contribution in [2.75, 3.05) is 0 Å². The largest absolute Gasteiger partial charge is 0.381 e. The Balaban J connectivity index is 2.57. The number of rotatable bonds is 1. The van der Waals surface area contributed by atoms with Crippen molar-refractivity contribution in [1.82, 2.24) is 0 Å². The average molecular weight is 238 g/mol. The van der Waals surface area contributed by atoms with Crippen molar-refractivity contribution in [3.63, 3.8) is 0 Å². The summed E-state index contributed by atoms with van der Waals surface area (Å²) >= 11 is 6.01. The summed E-state index contributed by atoms with van der Waals surface area (Å²) in [6.07, 6.45) is 0.447. The molecule has 0 aromatic heterocycles. The Hall–Kier alpha value is -1.16. The number of aliphatic hydroxyl groups excluding tert-OH is 1. The van der Waals surface area contributed by atoms with Gasteiger partial charge in [-0.1, -0.05) is 35.9 Å². The fraction of sp³-hybridized carbons (Fsp3) is 0.250. The lowest BCUT2D eigenvalue weighted by atomic mass is 9.89. The van der Waals surface area contributed by atoms with Crippen LogP contribution < -0.4 is 5.73 Å². The lowest BCUT2D eigenvalue weighted by Gasteiger charge is -2.22. The molecule has 0 aliphatic heterocycles. The Labute approximate surface area is 98.5 Å². The van der Waals surface area contributed by atoms with Crippen LogP contribution >= 0.6 is 11.6 Å². The van der Waals surface area contributed by atoms with Crippen molar-refractivity contribution in [2.45, 2.75) is 18.6 Å². The Morgan fingerprint density at radius 2 is 2.06 bits per heavy atom. The van der Waals surface area contributed by atoms with Crippen molar-refractivity contribution >= 4 is 17.4 Å². The van der Waals surface area contributed by atoms with Gasteiger partial charge in [0, 0.05) is 10.6 Å². The highest BCUT2D eigenvalue weighted by atomic mass is 35.5. The van der Waals surface area contributed by atoms with Crippen LogP contribution in [0.1, 0.15) is 12.5 Å². The maximum atomic E-state index is 11.9. The monoisotopic (exact) mass is 237 g/mol. The molecule has 3 nitrogen and oxygen atoms in total. The van der Waals surface area contributed by atoms with Crippen LogP contribution in [0.2, 0.25) is 5.02 Å². The highest BCUT2D eigenvalue weighted by Crippen LogP contribution is 2.35. The van der Waals surface area contributed by atoms with Gasteiger partial charge in [-0.25, -0.2) is 0 Å². The van der Waals surface area contributed by atoms with Crippen molar-refractivity contribution in [1.29, 1.82) is 0 Å². The van der Waals surface area contributed by atoms with E-state index in [1.807, 2.05) is 0 Å². The quantitative estimate of drug-likeness (QED) is 0.726. The van der Waals surface area contributed by atoms with E-state index in [0.29, 0.717) is 16.2 Å². The Morgan fingerprint density at radius 3 is 2.56 bits per heavy atom. The SMILES string of the molecule is CC1=C[C@@](N)(c2ccccc2Cl)C(=O)[C@@H]1O. The van der Waals surface area contributed by atoms with E-state index >= 15 is 0 Å². The zero-order valence-corrected chi connectivity index (χ0v) is 9.53. The van der Waals surface area contributed by atoms with Crippen LogP contribution in [-0.4, -0.2) is 17.0 Å². The van der Waals surface area contributed by atoms with E-state index in [9.17, 15) is 9.90 Å². The molecular weight excluding hydrogens is 226 g/mol. The third-order valence-corrected chi connectivity index (χ3v) is 3.19. The summed E-state index contributed by atoms with van der Waals surface area (Å²) in [5.41, 5.74) is 5.82. The molecule has 0 heterocycles. The van der Waals surface area contributed by atoms with Crippen LogP contribution in [0, 0.1) is 0 Å². The zero-order valence-electron chi connectivity index (χ0n) is 8.77. The lowest BCUT2D eigenvalue weighted by molar-refractivity contribution is -0.128. The summed E-state index contributed by atoms with van der Waals surface area (Å²) in [5, 5.41) is 10.0. The van der Waals surface area contributed by atoms with Crippen molar-refractivity contribution in [3.8, 4) is 0 Å². The molecule has 1 aliphatic carbocycles. The number of benzene rings is 1. The number of hydrogen-bond donors (Lipinski definition) is 2. The van der Waals surface area contributed by atoms with Gasteiger partial charge in [-0.05, 0) is 18.6 Å². The Morgan fingerprint density at radius 1 is 1.44 bits per heavy atom. The molecule has 0 spiro atoms. The molecule has 4 heteroatoms. The fourth-order valence-electron chi connectivity index (χ4n) is 1.95. The van der Waals surface area contributed by atoms with Gasteiger partial charge in [-0.3, -0.25) is 4.79 Å². The minimum Gasteiger partial charge on any atom is -0.381 e. The van der Waals surface area contributed by atoms with Crippen LogP contribution in [0.3, 0.4) is 0 Å². The predicted octanol–water partition coefficient (Wildman–Crippen LogP) is 1.38. The molecular formula is C12H12ClNO2.